The molecule has 3 rings (SSSR count). The second kappa shape index (κ2) is 10.3. The van der Waals surface area contributed by atoms with Crippen molar-refractivity contribution in [1.29, 1.82) is 0 Å². The van der Waals surface area contributed by atoms with Gasteiger partial charge in [0.05, 0.1) is 16.3 Å². The van der Waals surface area contributed by atoms with E-state index >= 15 is 0 Å². The van der Waals surface area contributed by atoms with Gasteiger partial charge < -0.3 is 0 Å². The second-order valence-electron chi connectivity index (χ2n) is 6.05. The van der Waals surface area contributed by atoms with E-state index in [0.29, 0.717) is 15.6 Å². The Kier molecular flexibility index (Phi) is 7.54. The predicted molar refractivity (Wildman–Crippen MR) is 119 cm³/mol. The number of thioether (sulfide) groups is 1. The van der Waals surface area contributed by atoms with Crippen LogP contribution in [0.15, 0.2) is 77.9 Å². The number of nitrogens with zero attached hydrogens (tertiary/aromatic N) is 1. The van der Waals surface area contributed by atoms with Crippen molar-refractivity contribution in [2.45, 2.75) is 11.5 Å². The summed E-state index contributed by atoms with van der Waals surface area (Å²) in [5.74, 6) is 1.60. The van der Waals surface area contributed by atoms with Gasteiger partial charge >= 0.3 is 0 Å². The number of hydrazone groups is 1. The van der Waals surface area contributed by atoms with Crippen molar-refractivity contribution in [3.63, 3.8) is 0 Å². The molecule has 3 nitrogen and oxygen atoms in total. The minimum Gasteiger partial charge on any atom is -0.267 e. The minimum atomic E-state index is -0.264. The monoisotopic (exact) mass is 428 g/mol. The molecule has 0 saturated carbocycles. The number of halogens is 2. The normalized spacial score (nSPS) is 10.9. The van der Waals surface area contributed by atoms with Crippen LogP contribution in [0.3, 0.4) is 0 Å². The second-order valence-corrected chi connectivity index (χ2v) is 7.85. The topological polar surface area (TPSA) is 41.5 Å². The summed E-state index contributed by atoms with van der Waals surface area (Å²) < 4.78 is 0. The Bertz CT molecular complexity index is 960. The molecule has 0 radical (unpaired) electrons. The summed E-state index contributed by atoms with van der Waals surface area (Å²) in [6, 6.07) is 23.1. The van der Waals surface area contributed by atoms with E-state index in [2.05, 4.69) is 22.7 Å². The Balaban J connectivity index is 1.49. The third kappa shape index (κ3) is 6.13. The molecule has 3 aromatic rings. The van der Waals surface area contributed by atoms with Crippen LogP contribution in [0, 0.1) is 0 Å². The Morgan fingerprint density at radius 2 is 1.57 bits per heavy atom. The molecule has 0 spiro atoms. The van der Waals surface area contributed by atoms with Crippen molar-refractivity contribution >= 4 is 47.1 Å². The molecule has 142 valence electrons. The molecule has 0 aliphatic heterocycles. The van der Waals surface area contributed by atoms with Gasteiger partial charge in [0.1, 0.15) is 0 Å². The van der Waals surface area contributed by atoms with E-state index in [1.54, 1.807) is 18.2 Å². The average Bonchev–Trinajstić information content (AvgIpc) is 2.72. The molecule has 0 aromatic heterocycles. The molecule has 28 heavy (non-hydrogen) atoms. The van der Waals surface area contributed by atoms with Gasteiger partial charge in [0.25, 0.3) is 5.91 Å². The Morgan fingerprint density at radius 1 is 0.893 bits per heavy atom. The highest BCUT2D eigenvalue weighted by molar-refractivity contribution is 7.97. The fraction of sp³-hybridized carbons (Fsp3) is 0.0909. The lowest BCUT2D eigenvalue weighted by atomic mass is 10.1. The van der Waals surface area contributed by atoms with Crippen molar-refractivity contribution in [3.05, 3.63) is 105 Å². The summed E-state index contributed by atoms with van der Waals surface area (Å²) in [5, 5.41) is 4.88. The zero-order chi connectivity index (χ0) is 19.8. The standard InChI is InChI=1S/C22H18Cl2N2OS/c23-20-11-8-18(12-21(20)24)13-25-26-22(27)19-9-6-17(7-10-19)15-28-14-16-4-2-1-3-5-16/h1-13H,14-15H2,(H,26,27)/b25-13+. The van der Waals surface area contributed by atoms with E-state index in [-0.39, 0.29) is 5.91 Å². The third-order valence-electron chi connectivity index (χ3n) is 3.92. The summed E-state index contributed by atoms with van der Waals surface area (Å²) in [4.78, 5) is 12.2. The minimum absolute atomic E-state index is 0.264. The molecule has 0 unspecified atom stereocenters. The maximum atomic E-state index is 12.2. The first kappa shape index (κ1) is 20.5. The van der Waals surface area contributed by atoms with Gasteiger partial charge in [-0.05, 0) is 41.0 Å². The first-order valence-corrected chi connectivity index (χ1v) is 10.5. The molecule has 0 aliphatic rings. The molecule has 0 saturated heterocycles. The molecular weight excluding hydrogens is 411 g/mol. The molecule has 0 bridgehead atoms. The highest BCUT2D eigenvalue weighted by Crippen LogP contribution is 2.22. The van der Waals surface area contributed by atoms with Crippen molar-refractivity contribution in [2.24, 2.45) is 5.10 Å². The number of benzene rings is 3. The zero-order valence-electron chi connectivity index (χ0n) is 14.9. The summed E-state index contributed by atoms with van der Waals surface area (Å²) >= 11 is 13.7. The summed E-state index contributed by atoms with van der Waals surface area (Å²) in [6.07, 6.45) is 1.52. The van der Waals surface area contributed by atoms with Gasteiger partial charge in [0.15, 0.2) is 0 Å². The number of carbonyl (C=O) groups is 1. The van der Waals surface area contributed by atoms with E-state index < -0.39 is 0 Å². The zero-order valence-corrected chi connectivity index (χ0v) is 17.3. The highest BCUT2D eigenvalue weighted by atomic mass is 35.5. The van der Waals surface area contributed by atoms with Gasteiger partial charge in [-0.3, -0.25) is 4.79 Å². The summed E-state index contributed by atoms with van der Waals surface area (Å²) in [7, 11) is 0. The maximum absolute atomic E-state index is 12.2. The quantitative estimate of drug-likeness (QED) is 0.359. The van der Waals surface area contributed by atoms with E-state index in [0.717, 1.165) is 17.1 Å². The lowest BCUT2D eigenvalue weighted by molar-refractivity contribution is 0.0955. The molecule has 0 heterocycles. The summed E-state index contributed by atoms with van der Waals surface area (Å²) in [5.41, 5.74) is 6.31. The first-order valence-electron chi connectivity index (χ1n) is 8.61. The SMILES string of the molecule is O=C(N/N=C/c1ccc(Cl)c(Cl)c1)c1ccc(CSCc2ccccc2)cc1. The van der Waals surface area contributed by atoms with Gasteiger partial charge in [0.2, 0.25) is 0 Å². The molecular formula is C22H18Cl2N2OS. The van der Waals surface area contributed by atoms with Crippen LogP contribution in [0.2, 0.25) is 10.0 Å². The molecule has 6 heteroatoms. The van der Waals surface area contributed by atoms with E-state index in [1.807, 2.05) is 54.2 Å². The smallest absolute Gasteiger partial charge is 0.267 e. The lowest BCUT2D eigenvalue weighted by Gasteiger charge is -2.04. The van der Waals surface area contributed by atoms with Crippen LogP contribution in [0.4, 0.5) is 0 Å². The van der Waals surface area contributed by atoms with Crippen LogP contribution < -0.4 is 5.43 Å². The van der Waals surface area contributed by atoms with E-state index in [1.165, 1.54) is 17.3 Å². The van der Waals surface area contributed by atoms with Gasteiger partial charge in [-0.1, -0.05) is 71.7 Å². The van der Waals surface area contributed by atoms with Gasteiger partial charge in [-0.2, -0.15) is 16.9 Å². The van der Waals surface area contributed by atoms with Crippen molar-refractivity contribution in [2.75, 3.05) is 0 Å². The summed E-state index contributed by atoms with van der Waals surface area (Å²) in [6.45, 7) is 0. The lowest BCUT2D eigenvalue weighted by Crippen LogP contribution is -2.17. The number of nitrogens with one attached hydrogen (secondary N) is 1. The largest absolute Gasteiger partial charge is 0.271 e. The van der Waals surface area contributed by atoms with Crippen LogP contribution >= 0.6 is 35.0 Å². The van der Waals surface area contributed by atoms with Gasteiger partial charge in [0, 0.05) is 17.1 Å². The number of amides is 1. The molecule has 1 amide bonds. The molecule has 0 aliphatic carbocycles. The van der Waals surface area contributed by atoms with E-state index in [9.17, 15) is 4.79 Å². The van der Waals surface area contributed by atoms with Crippen molar-refractivity contribution in [1.82, 2.24) is 5.43 Å². The van der Waals surface area contributed by atoms with E-state index in [4.69, 9.17) is 23.2 Å². The first-order chi connectivity index (χ1) is 13.6. The number of carbonyl (C=O) groups excluding carboxylic acids is 1. The number of hydrogen-bond acceptors (Lipinski definition) is 3. The van der Waals surface area contributed by atoms with Crippen LogP contribution in [0.1, 0.15) is 27.0 Å². The van der Waals surface area contributed by atoms with Gasteiger partial charge in [-0.15, -0.1) is 0 Å². The Labute approximate surface area is 178 Å². The Hall–Kier alpha value is -2.27. The van der Waals surface area contributed by atoms with Gasteiger partial charge in [-0.25, -0.2) is 5.43 Å². The molecule has 1 N–H and O–H groups in total. The van der Waals surface area contributed by atoms with Crippen LogP contribution in [0.5, 0.6) is 0 Å². The fourth-order valence-corrected chi connectivity index (χ4v) is 3.70. The number of hydrogen-bond donors (Lipinski definition) is 1. The highest BCUT2D eigenvalue weighted by Gasteiger charge is 2.04. The fourth-order valence-electron chi connectivity index (χ4n) is 2.44. The van der Waals surface area contributed by atoms with Crippen LogP contribution in [0.25, 0.3) is 0 Å². The van der Waals surface area contributed by atoms with Crippen molar-refractivity contribution in [3.8, 4) is 0 Å². The molecule has 3 aromatic carbocycles. The van der Waals surface area contributed by atoms with Crippen LogP contribution in [-0.4, -0.2) is 12.1 Å². The predicted octanol–water partition coefficient (Wildman–Crippen LogP) is 6.19. The Morgan fingerprint density at radius 3 is 2.25 bits per heavy atom. The number of rotatable bonds is 7. The maximum Gasteiger partial charge on any atom is 0.271 e. The molecule has 0 fully saturated rings. The molecule has 0 atom stereocenters. The van der Waals surface area contributed by atoms with Crippen molar-refractivity contribution < 1.29 is 4.79 Å². The average molecular weight is 429 g/mol. The van der Waals surface area contributed by atoms with Crippen LogP contribution in [-0.2, 0) is 11.5 Å². The third-order valence-corrected chi connectivity index (χ3v) is 5.73.